The molecule has 128 valence electrons. The van der Waals surface area contributed by atoms with Gasteiger partial charge in [0.2, 0.25) is 0 Å². The van der Waals surface area contributed by atoms with Gasteiger partial charge in [-0.15, -0.1) is 36.2 Å². The van der Waals surface area contributed by atoms with Crippen LogP contribution in [0, 0.1) is 6.92 Å². The van der Waals surface area contributed by atoms with Crippen LogP contribution in [-0.2, 0) is 0 Å². The van der Waals surface area contributed by atoms with Gasteiger partial charge >= 0.3 is 0 Å². The van der Waals surface area contributed by atoms with E-state index in [4.69, 9.17) is 4.74 Å². The minimum atomic E-state index is 0. The molecule has 1 aliphatic heterocycles. The van der Waals surface area contributed by atoms with Gasteiger partial charge in [0.25, 0.3) is 0 Å². The lowest BCUT2D eigenvalue weighted by molar-refractivity contribution is 0.200. The highest BCUT2D eigenvalue weighted by molar-refractivity contribution is 7.10. The summed E-state index contributed by atoms with van der Waals surface area (Å²) in [6.45, 7) is 6.43. The molecule has 0 aliphatic carbocycles. The number of piperazine rings is 1. The zero-order valence-electron chi connectivity index (χ0n) is 13.5. The molecule has 0 saturated carbocycles. The molecule has 0 unspecified atom stereocenters. The van der Waals surface area contributed by atoms with Crippen molar-refractivity contribution in [3.63, 3.8) is 0 Å². The maximum atomic E-state index is 5.39. The Kier molecular flexibility index (Phi) is 8.37. The first-order chi connectivity index (χ1) is 10.3. The number of methoxy groups -OCH3 is 1. The van der Waals surface area contributed by atoms with Gasteiger partial charge in [-0.05, 0) is 35.6 Å². The van der Waals surface area contributed by atoms with Gasteiger partial charge < -0.3 is 10.1 Å². The number of halogens is 2. The van der Waals surface area contributed by atoms with Crippen LogP contribution in [0.1, 0.15) is 22.0 Å². The van der Waals surface area contributed by atoms with Crippen molar-refractivity contribution < 1.29 is 4.74 Å². The number of rotatable bonds is 4. The molecule has 6 heteroatoms. The minimum absolute atomic E-state index is 0. The average Bonchev–Trinajstić information content (AvgIpc) is 3.03. The number of benzene rings is 1. The fourth-order valence-corrected chi connectivity index (χ4v) is 3.90. The molecule has 0 radical (unpaired) electrons. The highest BCUT2D eigenvalue weighted by Crippen LogP contribution is 2.34. The predicted octanol–water partition coefficient (Wildman–Crippen LogP) is 3.90. The molecule has 1 aliphatic rings. The van der Waals surface area contributed by atoms with E-state index in [0.29, 0.717) is 6.04 Å². The van der Waals surface area contributed by atoms with E-state index in [-0.39, 0.29) is 24.8 Å². The molecule has 1 aromatic carbocycles. The van der Waals surface area contributed by atoms with Crippen molar-refractivity contribution in [2.45, 2.75) is 13.0 Å². The van der Waals surface area contributed by atoms with Crippen LogP contribution in [-0.4, -0.2) is 38.2 Å². The van der Waals surface area contributed by atoms with E-state index >= 15 is 0 Å². The van der Waals surface area contributed by atoms with Crippen molar-refractivity contribution in [3.8, 4) is 5.75 Å². The van der Waals surface area contributed by atoms with Crippen molar-refractivity contribution in [2.75, 3.05) is 33.3 Å². The van der Waals surface area contributed by atoms with Crippen molar-refractivity contribution in [2.24, 2.45) is 0 Å². The maximum Gasteiger partial charge on any atom is 0.121 e. The first-order valence-corrected chi connectivity index (χ1v) is 8.30. The van der Waals surface area contributed by atoms with E-state index < -0.39 is 0 Å². The molecule has 1 aromatic heterocycles. The summed E-state index contributed by atoms with van der Waals surface area (Å²) in [5.74, 6) is 0.962. The topological polar surface area (TPSA) is 24.5 Å². The van der Waals surface area contributed by atoms with Gasteiger partial charge in [0.05, 0.1) is 13.2 Å². The van der Waals surface area contributed by atoms with Gasteiger partial charge in [0.1, 0.15) is 5.75 Å². The number of aryl methyl sites for hydroxylation is 1. The Morgan fingerprint density at radius 1 is 1.17 bits per heavy atom. The minimum Gasteiger partial charge on any atom is -0.496 e. The van der Waals surface area contributed by atoms with E-state index in [1.165, 1.54) is 16.0 Å². The highest BCUT2D eigenvalue weighted by atomic mass is 35.5. The second kappa shape index (κ2) is 9.50. The summed E-state index contributed by atoms with van der Waals surface area (Å²) < 4.78 is 5.39. The molecule has 1 atom stereocenters. The van der Waals surface area contributed by atoms with Crippen LogP contribution < -0.4 is 10.1 Å². The van der Waals surface area contributed by atoms with Gasteiger partial charge in [0, 0.05) is 31.1 Å². The van der Waals surface area contributed by atoms with Gasteiger partial charge in [-0.3, -0.25) is 4.90 Å². The number of ether oxygens (including phenoxy) is 1. The lowest BCUT2D eigenvalue weighted by Crippen LogP contribution is -2.45. The Bertz CT molecular complexity index is 586. The largest absolute Gasteiger partial charge is 0.496 e. The summed E-state index contributed by atoms with van der Waals surface area (Å²) in [6.07, 6.45) is 0. The summed E-state index contributed by atoms with van der Waals surface area (Å²) in [5.41, 5.74) is 2.56. The molecule has 3 nitrogen and oxygen atoms in total. The average molecular weight is 375 g/mol. The fourth-order valence-electron chi connectivity index (χ4n) is 3.01. The lowest BCUT2D eigenvalue weighted by atomic mass is 10.00. The standard InChI is InChI=1S/C17H22N2OS.2ClH/c1-13-12-14(5-6-15(13)20-2)17(16-4-3-11-21-16)19-9-7-18-8-10-19;;/h3-6,11-12,17-18H,7-10H2,1-2H3;2*1H/t17-;;/m1../s1. The SMILES string of the molecule is COc1ccc([C@H](c2cccs2)N2CCNCC2)cc1C.Cl.Cl. The summed E-state index contributed by atoms with van der Waals surface area (Å²) in [6, 6.07) is 11.3. The van der Waals surface area contributed by atoms with E-state index in [9.17, 15) is 0 Å². The quantitative estimate of drug-likeness (QED) is 0.877. The maximum absolute atomic E-state index is 5.39. The smallest absolute Gasteiger partial charge is 0.121 e. The summed E-state index contributed by atoms with van der Waals surface area (Å²) >= 11 is 1.84. The van der Waals surface area contributed by atoms with E-state index in [2.05, 4.69) is 52.9 Å². The molecule has 2 heterocycles. The zero-order valence-corrected chi connectivity index (χ0v) is 15.9. The highest BCUT2D eigenvalue weighted by Gasteiger charge is 2.25. The van der Waals surface area contributed by atoms with Gasteiger partial charge in [-0.25, -0.2) is 0 Å². The number of nitrogens with one attached hydrogen (secondary N) is 1. The first-order valence-electron chi connectivity index (χ1n) is 7.42. The van der Waals surface area contributed by atoms with Gasteiger partial charge in [-0.1, -0.05) is 18.2 Å². The Labute approximate surface area is 154 Å². The number of nitrogens with zero attached hydrogens (tertiary/aromatic N) is 1. The van der Waals surface area contributed by atoms with Gasteiger partial charge in [0.15, 0.2) is 0 Å². The zero-order chi connectivity index (χ0) is 14.7. The molecule has 0 amide bonds. The van der Waals surface area contributed by atoms with Crippen LogP contribution in [0.2, 0.25) is 0 Å². The molecular formula is C17H24Cl2N2OS. The molecule has 0 bridgehead atoms. The molecule has 1 saturated heterocycles. The van der Waals surface area contributed by atoms with E-state index in [1.807, 2.05) is 11.3 Å². The van der Waals surface area contributed by atoms with Crippen LogP contribution in [0.4, 0.5) is 0 Å². The molecule has 0 spiro atoms. The van der Waals surface area contributed by atoms with Crippen molar-refractivity contribution in [3.05, 3.63) is 51.7 Å². The summed E-state index contributed by atoms with van der Waals surface area (Å²) in [7, 11) is 1.73. The first kappa shape index (κ1) is 20.3. The molecule has 1 fully saturated rings. The lowest BCUT2D eigenvalue weighted by Gasteiger charge is -2.35. The summed E-state index contributed by atoms with van der Waals surface area (Å²) in [5, 5.41) is 5.61. The second-order valence-electron chi connectivity index (χ2n) is 5.43. The van der Waals surface area contributed by atoms with Crippen LogP contribution in [0.15, 0.2) is 35.7 Å². The van der Waals surface area contributed by atoms with Crippen LogP contribution >= 0.6 is 36.2 Å². The Hall–Kier alpha value is -0.780. The van der Waals surface area contributed by atoms with Crippen LogP contribution in [0.3, 0.4) is 0 Å². The molecule has 23 heavy (non-hydrogen) atoms. The fraction of sp³-hybridized carbons (Fsp3) is 0.412. The van der Waals surface area contributed by atoms with Crippen LogP contribution in [0.5, 0.6) is 5.75 Å². The normalized spacial score (nSPS) is 16.1. The van der Waals surface area contributed by atoms with Crippen molar-refractivity contribution in [1.82, 2.24) is 10.2 Å². The monoisotopic (exact) mass is 374 g/mol. The van der Waals surface area contributed by atoms with E-state index in [1.54, 1.807) is 7.11 Å². The van der Waals surface area contributed by atoms with Gasteiger partial charge in [-0.2, -0.15) is 0 Å². The third-order valence-electron chi connectivity index (χ3n) is 4.06. The summed E-state index contributed by atoms with van der Waals surface area (Å²) in [4.78, 5) is 3.99. The predicted molar refractivity (Wildman–Crippen MR) is 103 cm³/mol. The van der Waals surface area contributed by atoms with Crippen molar-refractivity contribution >= 4 is 36.2 Å². The second-order valence-corrected chi connectivity index (χ2v) is 6.41. The number of hydrogen-bond donors (Lipinski definition) is 1. The molecule has 1 N–H and O–H groups in total. The Morgan fingerprint density at radius 3 is 2.48 bits per heavy atom. The number of thiophene rings is 1. The van der Waals surface area contributed by atoms with Crippen LogP contribution in [0.25, 0.3) is 0 Å². The molecule has 3 rings (SSSR count). The Morgan fingerprint density at radius 2 is 1.91 bits per heavy atom. The number of hydrogen-bond acceptors (Lipinski definition) is 4. The van der Waals surface area contributed by atoms with E-state index in [0.717, 1.165) is 31.9 Å². The third kappa shape index (κ3) is 4.61. The Balaban J connectivity index is 0.00000132. The molecular weight excluding hydrogens is 351 g/mol. The molecule has 2 aromatic rings. The van der Waals surface area contributed by atoms with Crippen molar-refractivity contribution in [1.29, 1.82) is 0 Å². The third-order valence-corrected chi connectivity index (χ3v) is 4.99.